The first-order valence-corrected chi connectivity index (χ1v) is 7.16. The van der Waals surface area contributed by atoms with Gasteiger partial charge in [-0.2, -0.15) is 0 Å². The minimum Gasteiger partial charge on any atom is -0.396 e. The molecule has 1 aromatic rings. The first kappa shape index (κ1) is 15.7. The molecular formula is C14H26N4O. The van der Waals surface area contributed by atoms with E-state index < -0.39 is 0 Å². The Balaban J connectivity index is 2.73. The fraction of sp³-hybridized carbons (Fsp3) is 0.714. The lowest BCUT2D eigenvalue weighted by Crippen LogP contribution is -2.16. The van der Waals surface area contributed by atoms with Crippen molar-refractivity contribution in [1.29, 1.82) is 0 Å². The van der Waals surface area contributed by atoms with Gasteiger partial charge in [0.1, 0.15) is 17.5 Å². The van der Waals surface area contributed by atoms with Crippen LogP contribution >= 0.6 is 0 Å². The Morgan fingerprint density at radius 1 is 1.16 bits per heavy atom. The van der Waals surface area contributed by atoms with Gasteiger partial charge in [-0.1, -0.05) is 20.8 Å². The number of aliphatic hydroxyl groups excluding tert-OH is 1. The number of aliphatic hydroxyl groups is 1. The Morgan fingerprint density at radius 3 is 2.42 bits per heavy atom. The van der Waals surface area contributed by atoms with Crippen molar-refractivity contribution in [3.05, 3.63) is 11.9 Å². The van der Waals surface area contributed by atoms with Crippen LogP contribution in [-0.2, 0) is 6.42 Å². The summed E-state index contributed by atoms with van der Waals surface area (Å²) in [5.74, 6) is 2.79. The number of anilines is 2. The van der Waals surface area contributed by atoms with Gasteiger partial charge in [-0.25, -0.2) is 9.97 Å². The minimum absolute atomic E-state index is 0.181. The first-order chi connectivity index (χ1) is 9.19. The molecule has 0 fully saturated rings. The highest BCUT2D eigenvalue weighted by atomic mass is 16.3. The zero-order valence-corrected chi connectivity index (χ0v) is 12.2. The highest BCUT2D eigenvalue weighted by molar-refractivity contribution is 5.47. The normalized spacial score (nSPS) is 12.2. The van der Waals surface area contributed by atoms with Crippen molar-refractivity contribution >= 4 is 11.6 Å². The van der Waals surface area contributed by atoms with E-state index in [9.17, 15) is 0 Å². The highest BCUT2D eigenvalue weighted by Gasteiger charge is 2.05. The lowest BCUT2D eigenvalue weighted by atomic mass is 10.2. The smallest absolute Gasteiger partial charge is 0.133 e. The van der Waals surface area contributed by atoms with Crippen LogP contribution in [0.25, 0.3) is 0 Å². The highest BCUT2D eigenvalue weighted by Crippen LogP contribution is 2.13. The van der Waals surface area contributed by atoms with Gasteiger partial charge in [0.05, 0.1) is 0 Å². The second-order valence-electron chi connectivity index (χ2n) is 4.90. The van der Waals surface area contributed by atoms with E-state index in [-0.39, 0.29) is 12.5 Å². The summed E-state index contributed by atoms with van der Waals surface area (Å²) in [5.41, 5.74) is 0. The number of rotatable bonds is 9. The van der Waals surface area contributed by atoms with Crippen LogP contribution in [-0.4, -0.2) is 34.8 Å². The standard InChI is InChI=1S/C14H26N4O/c1-4-6-12-17-13(15-7-5-2)8-14(18-12)16-9-11(3)10-19/h8,11,19H,4-7,9-10H2,1-3H3,(H2,15,16,17,18). The van der Waals surface area contributed by atoms with Crippen molar-refractivity contribution in [3.8, 4) is 0 Å². The number of aromatic nitrogens is 2. The molecule has 1 rings (SSSR count). The predicted octanol–water partition coefficient (Wildman–Crippen LogP) is 2.29. The topological polar surface area (TPSA) is 70.1 Å². The molecule has 0 saturated carbocycles. The van der Waals surface area contributed by atoms with E-state index in [1.54, 1.807) is 0 Å². The van der Waals surface area contributed by atoms with Gasteiger partial charge >= 0.3 is 0 Å². The molecule has 0 saturated heterocycles. The molecule has 19 heavy (non-hydrogen) atoms. The maximum atomic E-state index is 9.04. The van der Waals surface area contributed by atoms with Crippen molar-refractivity contribution in [3.63, 3.8) is 0 Å². The lowest BCUT2D eigenvalue weighted by molar-refractivity contribution is 0.244. The molecule has 108 valence electrons. The summed E-state index contributed by atoms with van der Waals surface area (Å²) in [6.45, 7) is 8.05. The van der Waals surface area contributed by atoms with E-state index in [0.29, 0.717) is 6.54 Å². The molecule has 0 bridgehead atoms. The molecule has 5 nitrogen and oxygen atoms in total. The molecule has 1 aromatic heterocycles. The zero-order valence-electron chi connectivity index (χ0n) is 12.2. The molecular weight excluding hydrogens is 240 g/mol. The third kappa shape index (κ3) is 5.87. The molecule has 1 atom stereocenters. The Hall–Kier alpha value is -1.36. The van der Waals surface area contributed by atoms with E-state index in [4.69, 9.17) is 5.11 Å². The molecule has 0 aliphatic rings. The molecule has 0 amide bonds. The zero-order chi connectivity index (χ0) is 14.1. The van der Waals surface area contributed by atoms with Crippen molar-refractivity contribution in [1.82, 2.24) is 9.97 Å². The Kier molecular flexibility index (Phi) is 7.18. The average Bonchev–Trinajstić information content (AvgIpc) is 2.42. The van der Waals surface area contributed by atoms with Crippen LogP contribution < -0.4 is 10.6 Å². The van der Waals surface area contributed by atoms with Crippen LogP contribution in [0.1, 0.15) is 39.4 Å². The number of aryl methyl sites for hydroxylation is 1. The van der Waals surface area contributed by atoms with Gasteiger partial charge in [-0.05, 0) is 18.8 Å². The van der Waals surface area contributed by atoms with E-state index in [1.165, 1.54) is 0 Å². The number of hydrogen-bond acceptors (Lipinski definition) is 5. The maximum Gasteiger partial charge on any atom is 0.133 e. The van der Waals surface area contributed by atoms with Crippen molar-refractivity contribution in [2.24, 2.45) is 5.92 Å². The van der Waals surface area contributed by atoms with Gasteiger partial charge < -0.3 is 15.7 Å². The van der Waals surface area contributed by atoms with Gasteiger partial charge in [0.15, 0.2) is 0 Å². The van der Waals surface area contributed by atoms with Gasteiger partial charge in [0.2, 0.25) is 0 Å². The van der Waals surface area contributed by atoms with Crippen molar-refractivity contribution in [2.45, 2.75) is 40.0 Å². The van der Waals surface area contributed by atoms with Gasteiger partial charge in [0, 0.05) is 32.2 Å². The van der Waals surface area contributed by atoms with Crippen molar-refractivity contribution < 1.29 is 5.11 Å². The molecule has 1 heterocycles. The molecule has 1 unspecified atom stereocenters. The van der Waals surface area contributed by atoms with Crippen LogP contribution in [0.15, 0.2) is 6.07 Å². The molecule has 0 aromatic carbocycles. The SMILES string of the molecule is CCCNc1cc(NCC(C)CO)nc(CCC)n1. The summed E-state index contributed by atoms with van der Waals surface area (Å²) >= 11 is 0. The summed E-state index contributed by atoms with van der Waals surface area (Å²) in [5, 5.41) is 15.6. The average molecular weight is 266 g/mol. The quantitative estimate of drug-likeness (QED) is 0.640. The van der Waals surface area contributed by atoms with Gasteiger partial charge in [-0.3, -0.25) is 0 Å². The summed E-state index contributed by atoms with van der Waals surface area (Å²) in [7, 11) is 0. The van der Waals surface area contributed by atoms with E-state index >= 15 is 0 Å². The van der Waals surface area contributed by atoms with Gasteiger partial charge in [0.25, 0.3) is 0 Å². The van der Waals surface area contributed by atoms with Crippen LogP contribution in [0, 0.1) is 5.92 Å². The Bertz CT molecular complexity index is 370. The molecule has 3 N–H and O–H groups in total. The Morgan fingerprint density at radius 2 is 1.84 bits per heavy atom. The Labute approximate surface area is 115 Å². The molecule has 0 aliphatic heterocycles. The number of nitrogens with one attached hydrogen (secondary N) is 2. The fourth-order valence-corrected chi connectivity index (χ4v) is 1.61. The van der Waals surface area contributed by atoms with E-state index in [1.807, 2.05) is 13.0 Å². The molecule has 0 spiro atoms. The van der Waals surface area contributed by atoms with E-state index in [0.717, 1.165) is 43.3 Å². The van der Waals surface area contributed by atoms with Crippen LogP contribution in [0.3, 0.4) is 0 Å². The first-order valence-electron chi connectivity index (χ1n) is 7.16. The largest absolute Gasteiger partial charge is 0.396 e. The molecule has 5 heteroatoms. The second-order valence-corrected chi connectivity index (χ2v) is 4.90. The summed E-state index contributed by atoms with van der Waals surface area (Å²) < 4.78 is 0. The third-order valence-corrected chi connectivity index (χ3v) is 2.75. The number of nitrogens with zero attached hydrogens (tertiary/aromatic N) is 2. The van der Waals surface area contributed by atoms with Crippen molar-refractivity contribution in [2.75, 3.05) is 30.3 Å². The third-order valence-electron chi connectivity index (χ3n) is 2.75. The summed E-state index contributed by atoms with van der Waals surface area (Å²) in [6.07, 6.45) is 2.98. The predicted molar refractivity (Wildman–Crippen MR) is 79.5 cm³/mol. The maximum absolute atomic E-state index is 9.04. The second kappa shape index (κ2) is 8.69. The molecule has 0 radical (unpaired) electrons. The summed E-state index contributed by atoms with van der Waals surface area (Å²) in [6, 6.07) is 1.93. The van der Waals surface area contributed by atoms with Crippen LogP contribution in [0.5, 0.6) is 0 Å². The van der Waals surface area contributed by atoms with E-state index in [2.05, 4.69) is 34.4 Å². The number of hydrogen-bond donors (Lipinski definition) is 3. The van der Waals surface area contributed by atoms with Gasteiger partial charge in [-0.15, -0.1) is 0 Å². The molecule has 0 aliphatic carbocycles. The fourth-order valence-electron chi connectivity index (χ4n) is 1.61. The van der Waals surface area contributed by atoms with Crippen LogP contribution in [0.4, 0.5) is 11.6 Å². The summed E-state index contributed by atoms with van der Waals surface area (Å²) in [4.78, 5) is 8.99. The monoisotopic (exact) mass is 266 g/mol. The van der Waals surface area contributed by atoms with Crippen LogP contribution in [0.2, 0.25) is 0 Å². The lowest BCUT2D eigenvalue weighted by Gasteiger charge is -2.13. The minimum atomic E-state index is 0.181.